The number of methoxy groups -OCH3 is 2. The first-order valence-corrected chi connectivity index (χ1v) is 11.3. The van der Waals surface area contributed by atoms with Crippen molar-refractivity contribution in [2.45, 2.75) is 83.0 Å². The van der Waals surface area contributed by atoms with Crippen molar-refractivity contribution in [1.82, 2.24) is 0 Å². The second-order valence-electron chi connectivity index (χ2n) is 10.7. The van der Waals surface area contributed by atoms with E-state index in [1.165, 1.54) is 14.2 Å². The average Bonchev–Trinajstić information content (AvgIpc) is 2.92. The van der Waals surface area contributed by atoms with Gasteiger partial charge in [-0.15, -0.1) is 0 Å². The van der Waals surface area contributed by atoms with Gasteiger partial charge in [-0.25, -0.2) is 4.39 Å². The van der Waals surface area contributed by atoms with Crippen molar-refractivity contribution in [3.8, 4) is 0 Å². The normalized spacial score (nSPS) is 49.3. The number of aliphatic hydroxyl groups excluding tert-OH is 1. The van der Waals surface area contributed by atoms with E-state index in [1.807, 2.05) is 13.0 Å². The molecule has 0 saturated heterocycles. The molecule has 3 fully saturated rings. The van der Waals surface area contributed by atoms with Gasteiger partial charge in [0.25, 0.3) is 0 Å². The summed E-state index contributed by atoms with van der Waals surface area (Å²) in [7, 11) is 2.69. The van der Waals surface area contributed by atoms with E-state index in [-0.39, 0.29) is 24.5 Å². The number of Topliss-reactive ketones (excluding diaryl/α,β-unsaturated/α-hetero) is 2. The van der Waals surface area contributed by atoms with Gasteiger partial charge in [0.05, 0.1) is 6.10 Å². The van der Waals surface area contributed by atoms with Crippen LogP contribution in [0.15, 0.2) is 11.6 Å². The Morgan fingerprint density at radius 3 is 2.52 bits per heavy atom. The smallest absolute Gasteiger partial charge is 0.220 e. The SMILES string of the molecule is COC(OC)C(=O)[C@@]1(O)[C@@H](C)C[C@H]2[C@@H]3CC=C4CC(=O)CC[C@]4(C)[C@@]3(F)[C@@H](O)C[C@@]21C. The van der Waals surface area contributed by atoms with Crippen molar-refractivity contribution in [3.63, 3.8) is 0 Å². The molecule has 0 aromatic carbocycles. The van der Waals surface area contributed by atoms with Crippen LogP contribution in [-0.2, 0) is 19.1 Å². The fourth-order valence-corrected chi connectivity index (χ4v) is 7.84. The summed E-state index contributed by atoms with van der Waals surface area (Å²) in [6.07, 6.45) is 1.16. The number of allylic oxidation sites excluding steroid dienone is 2. The van der Waals surface area contributed by atoms with Crippen LogP contribution < -0.4 is 0 Å². The summed E-state index contributed by atoms with van der Waals surface area (Å²) in [5.41, 5.74) is -4.85. The van der Waals surface area contributed by atoms with Gasteiger partial charge in [0.2, 0.25) is 12.1 Å². The first kappa shape index (κ1) is 23.0. The molecule has 0 spiro atoms. The van der Waals surface area contributed by atoms with Gasteiger partial charge in [0.15, 0.2) is 0 Å². The number of aliphatic hydroxyl groups is 2. The largest absolute Gasteiger partial charge is 0.390 e. The molecule has 0 amide bonds. The second kappa shape index (κ2) is 7.17. The fraction of sp³-hybridized carbons (Fsp3) is 0.833. The number of hydrogen-bond acceptors (Lipinski definition) is 6. The molecule has 31 heavy (non-hydrogen) atoms. The van der Waals surface area contributed by atoms with Crippen LogP contribution in [0.25, 0.3) is 0 Å². The summed E-state index contributed by atoms with van der Waals surface area (Å²) < 4.78 is 27.4. The number of ether oxygens (including phenoxy) is 2. The Bertz CT molecular complexity index is 823. The lowest BCUT2D eigenvalue weighted by molar-refractivity contribution is -0.231. The van der Waals surface area contributed by atoms with Crippen LogP contribution in [0.5, 0.6) is 0 Å². The number of carbonyl (C=O) groups is 2. The van der Waals surface area contributed by atoms with Crippen LogP contribution in [-0.4, -0.2) is 59.7 Å². The molecule has 8 atom stereocenters. The van der Waals surface area contributed by atoms with Crippen molar-refractivity contribution in [3.05, 3.63) is 11.6 Å². The zero-order valence-electron chi connectivity index (χ0n) is 19.1. The summed E-state index contributed by atoms with van der Waals surface area (Å²) in [6, 6.07) is 0. The second-order valence-corrected chi connectivity index (χ2v) is 10.7. The van der Waals surface area contributed by atoms with Gasteiger partial charge < -0.3 is 19.7 Å². The molecule has 7 heteroatoms. The number of fused-ring (bicyclic) bond motifs is 5. The highest BCUT2D eigenvalue weighted by molar-refractivity contribution is 5.92. The van der Waals surface area contributed by atoms with E-state index >= 15 is 4.39 Å². The molecule has 4 aliphatic carbocycles. The minimum absolute atomic E-state index is 0.0335. The van der Waals surface area contributed by atoms with E-state index in [1.54, 1.807) is 13.8 Å². The summed E-state index contributed by atoms with van der Waals surface area (Å²) in [5, 5.41) is 23.2. The number of hydrogen-bond donors (Lipinski definition) is 2. The molecule has 2 N–H and O–H groups in total. The molecule has 6 nitrogen and oxygen atoms in total. The van der Waals surface area contributed by atoms with Gasteiger partial charge in [0.1, 0.15) is 17.1 Å². The predicted octanol–water partition coefficient (Wildman–Crippen LogP) is 2.75. The fourth-order valence-electron chi connectivity index (χ4n) is 7.84. The van der Waals surface area contributed by atoms with Crippen LogP contribution in [0.4, 0.5) is 4.39 Å². The quantitative estimate of drug-likeness (QED) is 0.518. The number of alkyl halides is 1. The predicted molar refractivity (Wildman–Crippen MR) is 111 cm³/mol. The highest BCUT2D eigenvalue weighted by Crippen LogP contribution is 2.70. The van der Waals surface area contributed by atoms with Crippen molar-refractivity contribution < 1.29 is 33.7 Å². The summed E-state index contributed by atoms with van der Waals surface area (Å²) in [4.78, 5) is 25.4. The third-order valence-corrected chi connectivity index (χ3v) is 9.62. The molecule has 0 heterocycles. The monoisotopic (exact) mass is 438 g/mol. The minimum atomic E-state index is -1.90. The highest BCUT2D eigenvalue weighted by Gasteiger charge is 2.76. The van der Waals surface area contributed by atoms with Gasteiger partial charge in [-0.2, -0.15) is 0 Å². The standard InChI is InChI=1S/C24H35FO6/c1-13-10-17-16-7-6-14-11-15(26)8-9-21(14,2)23(16,25)18(27)12-22(17,3)24(13,29)19(28)20(30-4)31-5/h6,13,16-18,20,27,29H,7-12H2,1-5H3/t13-,16-,17-,18-,21-,22-,23-,24-/m0/s1. The molecular formula is C24H35FO6. The number of rotatable bonds is 4. The maximum absolute atomic E-state index is 17.1. The van der Waals surface area contributed by atoms with Gasteiger partial charge in [-0.05, 0) is 37.5 Å². The topological polar surface area (TPSA) is 93.1 Å². The summed E-state index contributed by atoms with van der Waals surface area (Å²) >= 11 is 0. The van der Waals surface area contributed by atoms with Crippen LogP contribution in [0.2, 0.25) is 0 Å². The Hall–Kier alpha value is -1.15. The Labute approximate surface area is 183 Å². The molecular weight excluding hydrogens is 403 g/mol. The zero-order chi connectivity index (χ0) is 23.0. The molecule has 0 aromatic heterocycles. The van der Waals surface area contributed by atoms with E-state index in [4.69, 9.17) is 9.47 Å². The first-order chi connectivity index (χ1) is 14.4. The lowest BCUT2D eigenvalue weighted by atomic mass is 9.44. The van der Waals surface area contributed by atoms with Gasteiger partial charge in [0, 0.05) is 43.8 Å². The lowest BCUT2D eigenvalue weighted by Gasteiger charge is -2.63. The number of ketones is 2. The number of halogens is 1. The molecule has 0 bridgehead atoms. The Balaban J connectivity index is 1.80. The summed E-state index contributed by atoms with van der Waals surface area (Å²) in [6.45, 7) is 5.45. The van der Waals surface area contributed by atoms with Gasteiger partial charge in [-0.3, -0.25) is 9.59 Å². The Morgan fingerprint density at radius 2 is 1.90 bits per heavy atom. The van der Waals surface area contributed by atoms with Crippen molar-refractivity contribution in [2.75, 3.05) is 14.2 Å². The average molecular weight is 439 g/mol. The lowest BCUT2D eigenvalue weighted by Crippen LogP contribution is -2.70. The third kappa shape index (κ3) is 2.63. The summed E-state index contributed by atoms with van der Waals surface area (Å²) in [5.74, 6) is -1.75. The van der Waals surface area contributed by atoms with Crippen LogP contribution in [0, 0.1) is 28.6 Å². The molecule has 0 unspecified atom stereocenters. The molecule has 3 saturated carbocycles. The molecule has 174 valence electrons. The van der Waals surface area contributed by atoms with Crippen LogP contribution >= 0.6 is 0 Å². The molecule has 4 aliphatic rings. The van der Waals surface area contributed by atoms with Crippen LogP contribution in [0.1, 0.15) is 59.3 Å². The van der Waals surface area contributed by atoms with Gasteiger partial charge in [-0.1, -0.05) is 32.4 Å². The zero-order valence-corrected chi connectivity index (χ0v) is 19.1. The van der Waals surface area contributed by atoms with E-state index < -0.39 is 52.1 Å². The molecule has 0 radical (unpaired) electrons. The minimum Gasteiger partial charge on any atom is -0.390 e. The Morgan fingerprint density at radius 1 is 1.26 bits per heavy atom. The third-order valence-electron chi connectivity index (χ3n) is 9.62. The first-order valence-electron chi connectivity index (χ1n) is 11.3. The van der Waals surface area contributed by atoms with Gasteiger partial charge >= 0.3 is 0 Å². The van der Waals surface area contributed by atoms with E-state index in [0.717, 1.165) is 5.57 Å². The van der Waals surface area contributed by atoms with Crippen LogP contribution in [0.3, 0.4) is 0 Å². The Kier molecular flexibility index (Phi) is 5.33. The molecule has 0 aliphatic heterocycles. The highest BCUT2D eigenvalue weighted by atomic mass is 19.1. The maximum atomic E-state index is 17.1. The van der Waals surface area contributed by atoms with E-state index in [2.05, 4.69) is 0 Å². The molecule has 4 rings (SSSR count). The van der Waals surface area contributed by atoms with Crippen molar-refractivity contribution >= 4 is 11.6 Å². The van der Waals surface area contributed by atoms with E-state index in [9.17, 15) is 19.8 Å². The van der Waals surface area contributed by atoms with Crippen molar-refractivity contribution in [2.24, 2.45) is 28.6 Å². The van der Waals surface area contributed by atoms with E-state index in [0.29, 0.717) is 25.7 Å². The number of carbonyl (C=O) groups excluding carboxylic acids is 2. The maximum Gasteiger partial charge on any atom is 0.220 e. The van der Waals surface area contributed by atoms with Crippen molar-refractivity contribution in [1.29, 1.82) is 0 Å². The molecule has 0 aromatic rings.